The number of nitrogens with zero attached hydrogens (tertiary/aromatic N) is 4. The zero-order valence-electron chi connectivity index (χ0n) is 13.1. The Morgan fingerprint density at radius 1 is 1.26 bits per heavy atom. The molecular weight excluding hydrogens is 312 g/mol. The number of aromatic nitrogens is 1. The van der Waals surface area contributed by atoms with E-state index in [0.29, 0.717) is 0 Å². The van der Waals surface area contributed by atoms with Crippen molar-refractivity contribution < 1.29 is 4.92 Å². The van der Waals surface area contributed by atoms with Gasteiger partial charge in [-0.3, -0.25) is 15.0 Å². The van der Waals surface area contributed by atoms with Gasteiger partial charge in [-0.15, -0.1) is 11.3 Å². The average Bonchev–Trinajstić information content (AvgIpc) is 3.03. The quantitative estimate of drug-likeness (QED) is 0.622. The van der Waals surface area contributed by atoms with E-state index in [1.807, 2.05) is 12.1 Å². The Labute approximate surface area is 139 Å². The second-order valence-corrected chi connectivity index (χ2v) is 6.54. The predicted octanol–water partition coefficient (Wildman–Crippen LogP) is 2.94. The maximum atomic E-state index is 11.2. The SMILES string of the molecule is CCc1nc(CN2CCN(c3ccccc3[N+](=O)[O-])CC2)cs1. The second kappa shape index (κ2) is 7.06. The second-order valence-electron chi connectivity index (χ2n) is 5.60. The molecule has 1 saturated heterocycles. The van der Waals surface area contributed by atoms with Crippen LogP contribution in [0.2, 0.25) is 0 Å². The molecule has 0 amide bonds. The molecule has 0 spiro atoms. The molecule has 3 rings (SSSR count). The normalized spacial score (nSPS) is 15.8. The monoisotopic (exact) mass is 332 g/mol. The minimum absolute atomic E-state index is 0.188. The summed E-state index contributed by atoms with van der Waals surface area (Å²) in [4.78, 5) is 19.9. The molecule has 0 bridgehead atoms. The van der Waals surface area contributed by atoms with Crippen molar-refractivity contribution >= 4 is 22.7 Å². The minimum Gasteiger partial charge on any atom is -0.363 e. The fourth-order valence-electron chi connectivity index (χ4n) is 2.85. The highest BCUT2D eigenvalue weighted by atomic mass is 32.1. The molecule has 0 radical (unpaired) electrons. The van der Waals surface area contributed by atoms with Gasteiger partial charge in [0.05, 0.1) is 15.6 Å². The first-order chi connectivity index (χ1) is 11.2. The molecule has 6 nitrogen and oxygen atoms in total. The van der Waals surface area contributed by atoms with E-state index in [4.69, 9.17) is 0 Å². The first-order valence-electron chi connectivity index (χ1n) is 7.81. The molecule has 0 unspecified atom stereocenters. The Hall–Kier alpha value is -1.99. The highest BCUT2D eigenvalue weighted by molar-refractivity contribution is 7.09. The van der Waals surface area contributed by atoms with Crippen LogP contribution >= 0.6 is 11.3 Å². The van der Waals surface area contributed by atoms with Gasteiger partial charge in [-0.05, 0) is 12.5 Å². The molecule has 1 aliphatic heterocycles. The number of rotatable bonds is 5. The van der Waals surface area contributed by atoms with Gasteiger partial charge < -0.3 is 4.90 Å². The smallest absolute Gasteiger partial charge is 0.292 e. The van der Waals surface area contributed by atoms with E-state index < -0.39 is 0 Å². The fraction of sp³-hybridized carbons (Fsp3) is 0.438. The van der Waals surface area contributed by atoms with Gasteiger partial charge >= 0.3 is 0 Å². The van der Waals surface area contributed by atoms with Crippen LogP contribution in [-0.2, 0) is 13.0 Å². The van der Waals surface area contributed by atoms with Crippen molar-refractivity contribution in [1.29, 1.82) is 0 Å². The van der Waals surface area contributed by atoms with Crippen molar-refractivity contribution in [1.82, 2.24) is 9.88 Å². The Kier molecular flexibility index (Phi) is 4.88. The molecule has 1 aromatic heterocycles. The van der Waals surface area contributed by atoms with Crippen molar-refractivity contribution in [2.24, 2.45) is 0 Å². The average molecular weight is 332 g/mol. The molecule has 1 aromatic carbocycles. The lowest BCUT2D eigenvalue weighted by atomic mass is 10.2. The Balaban J connectivity index is 1.61. The molecule has 0 atom stereocenters. The van der Waals surface area contributed by atoms with Crippen LogP contribution in [0.5, 0.6) is 0 Å². The third-order valence-corrected chi connectivity index (χ3v) is 5.12. The number of hydrogen-bond acceptors (Lipinski definition) is 6. The number of nitro benzene ring substituents is 1. The first kappa shape index (κ1) is 15.9. The van der Waals surface area contributed by atoms with E-state index in [1.165, 1.54) is 5.01 Å². The summed E-state index contributed by atoms with van der Waals surface area (Å²) in [5, 5.41) is 14.5. The van der Waals surface area contributed by atoms with Crippen LogP contribution in [0, 0.1) is 10.1 Å². The molecule has 0 N–H and O–H groups in total. The molecular formula is C16H20N4O2S. The number of nitro groups is 1. The van der Waals surface area contributed by atoms with Gasteiger partial charge in [0.25, 0.3) is 5.69 Å². The minimum atomic E-state index is -0.302. The highest BCUT2D eigenvalue weighted by Crippen LogP contribution is 2.28. The third-order valence-electron chi connectivity index (χ3n) is 4.08. The molecule has 23 heavy (non-hydrogen) atoms. The number of aryl methyl sites for hydroxylation is 1. The van der Waals surface area contributed by atoms with Crippen LogP contribution in [0.4, 0.5) is 11.4 Å². The van der Waals surface area contributed by atoms with Gasteiger partial charge in [0.1, 0.15) is 5.69 Å². The molecule has 0 saturated carbocycles. The van der Waals surface area contributed by atoms with Gasteiger partial charge in [0, 0.05) is 44.2 Å². The summed E-state index contributed by atoms with van der Waals surface area (Å²) in [5.74, 6) is 0. The summed E-state index contributed by atoms with van der Waals surface area (Å²) in [7, 11) is 0. The van der Waals surface area contributed by atoms with Gasteiger partial charge in [0.15, 0.2) is 0 Å². The Morgan fingerprint density at radius 3 is 2.65 bits per heavy atom. The van der Waals surface area contributed by atoms with Crippen LogP contribution in [0.3, 0.4) is 0 Å². The van der Waals surface area contributed by atoms with Crippen LogP contribution in [0.1, 0.15) is 17.6 Å². The lowest BCUT2D eigenvalue weighted by Crippen LogP contribution is -2.46. The number of hydrogen-bond donors (Lipinski definition) is 0. The van der Waals surface area contributed by atoms with E-state index in [-0.39, 0.29) is 10.6 Å². The van der Waals surface area contributed by atoms with Gasteiger partial charge in [-0.1, -0.05) is 19.1 Å². The maximum absolute atomic E-state index is 11.2. The van der Waals surface area contributed by atoms with E-state index in [1.54, 1.807) is 23.5 Å². The van der Waals surface area contributed by atoms with Crippen LogP contribution in [-0.4, -0.2) is 41.0 Å². The number of para-hydroxylation sites is 2. The number of piperazine rings is 1. The maximum Gasteiger partial charge on any atom is 0.292 e. The topological polar surface area (TPSA) is 62.5 Å². The fourth-order valence-corrected chi connectivity index (χ4v) is 3.58. The summed E-state index contributed by atoms with van der Waals surface area (Å²) in [6, 6.07) is 6.98. The van der Waals surface area contributed by atoms with E-state index in [0.717, 1.165) is 50.5 Å². The van der Waals surface area contributed by atoms with E-state index >= 15 is 0 Å². The third kappa shape index (κ3) is 3.68. The zero-order chi connectivity index (χ0) is 16.2. The number of thiazole rings is 1. The molecule has 1 fully saturated rings. The van der Waals surface area contributed by atoms with Crippen molar-refractivity contribution in [2.75, 3.05) is 31.1 Å². The first-order valence-corrected chi connectivity index (χ1v) is 8.69. The summed E-state index contributed by atoms with van der Waals surface area (Å²) < 4.78 is 0. The molecule has 7 heteroatoms. The number of benzene rings is 1. The van der Waals surface area contributed by atoms with E-state index in [2.05, 4.69) is 27.1 Å². The lowest BCUT2D eigenvalue weighted by Gasteiger charge is -2.35. The van der Waals surface area contributed by atoms with Crippen molar-refractivity contribution in [3.63, 3.8) is 0 Å². The molecule has 1 aliphatic rings. The predicted molar refractivity (Wildman–Crippen MR) is 92.1 cm³/mol. The van der Waals surface area contributed by atoms with Crippen molar-refractivity contribution in [3.05, 3.63) is 50.5 Å². The lowest BCUT2D eigenvalue weighted by molar-refractivity contribution is -0.384. The summed E-state index contributed by atoms with van der Waals surface area (Å²) >= 11 is 1.72. The van der Waals surface area contributed by atoms with Gasteiger partial charge in [-0.2, -0.15) is 0 Å². The highest BCUT2D eigenvalue weighted by Gasteiger charge is 2.23. The summed E-state index contributed by atoms with van der Waals surface area (Å²) in [6.45, 7) is 6.37. The number of anilines is 1. The largest absolute Gasteiger partial charge is 0.363 e. The van der Waals surface area contributed by atoms with E-state index in [9.17, 15) is 10.1 Å². The standard InChI is InChI=1S/C16H20N4O2S/c1-2-16-17-13(12-23-16)11-18-7-9-19(10-8-18)14-5-3-4-6-15(14)20(21)22/h3-6,12H,2,7-11H2,1H3. The Bertz CT molecular complexity index is 680. The van der Waals surface area contributed by atoms with Crippen molar-refractivity contribution in [3.8, 4) is 0 Å². The Morgan fingerprint density at radius 2 is 2.00 bits per heavy atom. The van der Waals surface area contributed by atoms with Gasteiger partial charge in [0.2, 0.25) is 0 Å². The molecule has 2 aromatic rings. The molecule has 0 aliphatic carbocycles. The summed E-state index contributed by atoms with van der Waals surface area (Å²) in [5.41, 5.74) is 2.04. The van der Waals surface area contributed by atoms with Crippen LogP contribution in [0.15, 0.2) is 29.6 Å². The van der Waals surface area contributed by atoms with Gasteiger partial charge in [-0.25, -0.2) is 4.98 Å². The summed E-state index contributed by atoms with van der Waals surface area (Å²) in [6.07, 6.45) is 0.982. The van der Waals surface area contributed by atoms with Crippen LogP contribution < -0.4 is 4.90 Å². The van der Waals surface area contributed by atoms with Crippen molar-refractivity contribution in [2.45, 2.75) is 19.9 Å². The molecule has 122 valence electrons. The van der Waals surface area contributed by atoms with Crippen LogP contribution in [0.25, 0.3) is 0 Å². The molecule has 2 heterocycles. The zero-order valence-corrected chi connectivity index (χ0v) is 14.0.